The van der Waals surface area contributed by atoms with Crippen LogP contribution in [0.3, 0.4) is 0 Å². The van der Waals surface area contributed by atoms with Crippen molar-refractivity contribution in [3.63, 3.8) is 0 Å². The average Bonchev–Trinajstić information content (AvgIpc) is 3.15. The molecule has 0 aliphatic carbocycles. The summed E-state index contributed by atoms with van der Waals surface area (Å²) in [5.41, 5.74) is 7.11. The van der Waals surface area contributed by atoms with Gasteiger partial charge in [0.1, 0.15) is 11.8 Å². The molecule has 7 heteroatoms. The Morgan fingerprint density at radius 2 is 1.48 bits per heavy atom. The molecule has 0 radical (unpaired) electrons. The summed E-state index contributed by atoms with van der Waals surface area (Å²) in [6.45, 7) is 4.78. The lowest BCUT2D eigenvalue weighted by Crippen LogP contribution is -2.23. The van der Waals surface area contributed by atoms with Crippen LogP contribution in [-0.4, -0.2) is 37.0 Å². The molecular formula is C24H43N5O2. The van der Waals surface area contributed by atoms with Gasteiger partial charge in [-0.15, -0.1) is 0 Å². The SMILES string of the molecule is CCCCCCCCCCCCCCCC(O)OC(C)Cn1cnc2c(N)ncnc21. The molecule has 0 fully saturated rings. The molecule has 0 spiro atoms. The molecule has 0 bridgehead atoms. The van der Waals surface area contributed by atoms with Crippen molar-refractivity contribution in [1.82, 2.24) is 19.5 Å². The lowest BCUT2D eigenvalue weighted by molar-refractivity contribution is -0.137. The number of nitrogens with zero attached hydrogens (tertiary/aromatic N) is 4. The van der Waals surface area contributed by atoms with Gasteiger partial charge >= 0.3 is 0 Å². The minimum Gasteiger partial charge on any atom is -0.382 e. The van der Waals surface area contributed by atoms with Crippen LogP contribution in [0, 0.1) is 0 Å². The van der Waals surface area contributed by atoms with Crippen molar-refractivity contribution < 1.29 is 9.84 Å². The molecule has 2 heterocycles. The van der Waals surface area contributed by atoms with Crippen LogP contribution in [0.2, 0.25) is 0 Å². The molecule has 0 aromatic carbocycles. The van der Waals surface area contributed by atoms with Crippen LogP contribution in [0.4, 0.5) is 5.82 Å². The second kappa shape index (κ2) is 15.1. The molecular weight excluding hydrogens is 390 g/mol. The summed E-state index contributed by atoms with van der Waals surface area (Å²) < 4.78 is 7.63. The lowest BCUT2D eigenvalue weighted by Gasteiger charge is -2.18. The number of nitrogens with two attached hydrogens (primary N) is 1. The van der Waals surface area contributed by atoms with Crippen molar-refractivity contribution in [2.75, 3.05) is 5.73 Å². The van der Waals surface area contributed by atoms with E-state index in [9.17, 15) is 5.11 Å². The molecule has 0 aliphatic heterocycles. The second-order valence-electron chi connectivity index (χ2n) is 8.76. The Hall–Kier alpha value is -1.73. The van der Waals surface area contributed by atoms with Crippen LogP contribution >= 0.6 is 0 Å². The summed E-state index contributed by atoms with van der Waals surface area (Å²) in [5.74, 6) is 0.375. The van der Waals surface area contributed by atoms with Gasteiger partial charge in [-0.05, 0) is 19.8 Å². The van der Waals surface area contributed by atoms with Gasteiger partial charge in [-0.2, -0.15) is 0 Å². The fourth-order valence-corrected chi connectivity index (χ4v) is 4.03. The van der Waals surface area contributed by atoms with Gasteiger partial charge < -0.3 is 20.1 Å². The third-order valence-corrected chi connectivity index (χ3v) is 5.83. The first-order valence-electron chi connectivity index (χ1n) is 12.4. The highest BCUT2D eigenvalue weighted by molar-refractivity contribution is 5.81. The fourth-order valence-electron chi connectivity index (χ4n) is 4.03. The van der Waals surface area contributed by atoms with Gasteiger partial charge in [-0.3, -0.25) is 0 Å². The number of imidazole rings is 1. The number of hydrogen-bond acceptors (Lipinski definition) is 6. The van der Waals surface area contributed by atoms with Gasteiger partial charge in [0.2, 0.25) is 0 Å². The zero-order valence-electron chi connectivity index (χ0n) is 19.6. The first kappa shape index (κ1) is 25.5. The number of unbranched alkanes of at least 4 members (excludes halogenated alkanes) is 12. The molecule has 2 atom stereocenters. The maximum Gasteiger partial charge on any atom is 0.165 e. The number of rotatable bonds is 18. The first-order valence-corrected chi connectivity index (χ1v) is 12.4. The predicted molar refractivity (Wildman–Crippen MR) is 127 cm³/mol. The molecule has 0 saturated heterocycles. The van der Waals surface area contributed by atoms with E-state index in [0.29, 0.717) is 29.9 Å². The molecule has 0 amide bonds. The average molecular weight is 434 g/mol. The lowest BCUT2D eigenvalue weighted by atomic mass is 10.0. The normalized spacial score (nSPS) is 13.6. The Kier molecular flexibility index (Phi) is 12.5. The van der Waals surface area contributed by atoms with Crippen LogP contribution in [-0.2, 0) is 11.3 Å². The summed E-state index contributed by atoms with van der Waals surface area (Å²) >= 11 is 0. The minimum atomic E-state index is -0.725. The summed E-state index contributed by atoms with van der Waals surface area (Å²) in [6.07, 6.45) is 20.1. The number of ether oxygens (including phenoxy) is 1. The first-order chi connectivity index (χ1) is 15.1. The van der Waals surface area contributed by atoms with E-state index in [-0.39, 0.29) is 6.10 Å². The summed E-state index contributed by atoms with van der Waals surface area (Å²) in [7, 11) is 0. The highest BCUT2D eigenvalue weighted by Crippen LogP contribution is 2.17. The smallest absolute Gasteiger partial charge is 0.165 e. The van der Waals surface area contributed by atoms with E-state index in [1.54, 1.807) is 6.33 Å². The number of fused-ring (bicyclic) bond motifs is 1. The topological polar surface area (TPSA) is 99.1 Å². The van der Waals surface area contributed by atoms with E-state index in [2.05, 4.69) is 21.9 Å². The molecule has 3 N–H and O–H groups in total. The van der Waals surface area contributed by atoms with Crippen molar-refractivity contribution in [3.05, 3.63) is 12.7 Å². The Labute approximate surface area is 187 Å². The van der Waals surface area contributed by atoms with Crippen molar-refractivity contribution >= 4 is 17.0 Å². The van der Waals surface area contributed by atoms with E-state index >= 15 is 0 Å². The molecule has 176 valence electrons. The quantitative estimate of drug-likeness (QED) is 0.234. The number of anilines is 1. The molecule has 31 heavy (non-hydrogen) atoms. The summed E-state index contributed by atoms with van der Waals surface area (Å²) in [4.78, 5) is 12.5. The Bertz CT molecular complexity index is 721. The summed E-state index contributed by atoms with van der Waals surface area (Å²) in [6, 6.07) is 0. The minimum absolute atomic E-state index is 0.148. The van der Waals surface area contributed by atoms with Crippen molar-refractivity contribution in [3.8, 4) is 0 Å². The van der Waals surface area contributed by atoms with Gasteiger partial charge in [0.05, 0.1) is 19.0 Å². The van der Waals surface area contributed by atoms with E-state index < -0.39 is 6.29 Å². The molecule has 0 aliphatic rings. The number of aromatic nitrogens is 4. The highest BCUT2D eigenvalue weighted by atomic mass is 16.6. The standard InChI is InChI=1S/C24H43N5O2/c1-3-4-5-6-7-8-9-10-11-12-13-14-15-16-21(30)31-20(2)17-29-19-28-22-23(25)26-18-27-24(22)29/h18-21,30H,3-17H2,1-2H3,(H2,25,26,27). The molecule has 2 aromatic heterocycles. The van der Waals surface area contributed by atoms with Crippen LogP contribution in [0.5, 0.6) is 0 Å². The van der Waals surface area contributed by atoms with Gasteiger partial charge in [0, 0.05) is 0 Å². The highest BCUT2D eigenvalue weighted by Gasteiger charge is 2.14. The third-order valence-electron chi connectivity index (χ3n) is 5.83. The van der Waals surface area contributed by atoms with E-state index in [0.717, 1.165) is 12.8 Å². The molecule has 2 rings (SSSR count). The number of aliphatic hydroxyl groups is 1. The molecule has 2 aromatic rings. The monoisotopic (exact) mass is 433 g/mol. The van der Waals surface area contributed by atoms with Gasteiger partial charge in [0.25, 0.3) is 0 Å². The molecule has 0 saturated carbocycles. The van der Waals surface area contributed by atoms with Crippen LogP contribution in [0.15, 0.2) is 12.7 Å². The Balaban J connectivity index is 1.47. The Morgan fingerprint density at radius 1 is 0.903 bits per heavy atom. The Morgan fingerprint density at radius 3 is 2.10 bits per heavy atom. The molecule has 2 unspecified atom stereocenters. The van der Waals surface area contributed by atoms with Gasteiger partial charge in [0.15, 0.2) is 17.8 Å². The molecule has 7 nitrogen and oxygen atoms in total. The van der Waals surface area contributed by atoms with Crippen LogP contribution in [0.25, 0.3) is 11.2 Å². The van der Waals surface area contributed by atoms with Gasteiger partial charge in [-0.1, -0.05) is 84.0 Å². The summed E-state index contributed by atoms with van der Waals surface area (Å²) in [5, 5.41) is 10.2. The maximum absolute atomic E-state index is 10.2. The number of hydrogen-bond donors (Lipinski definition) is 2. The van der Waals surface area contributed by atoms with Gasteiger partial charge in [-0.25, -0.2) is 15.0 Å². The second-order valence-corrected chi connectivity index (χ2v) is 8.76. The van der Waals surface area contributed by atoms with Crippen molar-refractivity contribution in [2.24, 2.45) is 0 Å². The zero-order valence-corrected chi connectivity index (χ0v) is 19.6. The van der Waals surface area contributed by atoms with Crippen LogP contribution < -0.4 is 5.73 Å². The largest absolute Gasteiger partial charge is 0.382 e. The predicted octanol–water partition coefficient (Wildman–Crippen LogP) is 5.61. The van der Waals surface area contributed by atoms with E-state index in [4.69, 9.17) is 10.5 Å². The maximum atomic E-state index is 10.2. The zero-order chi connectivity index (χ0) is 22.3. The number of aliphatic hydroxyl groups excluding tert-OH is 1. The third kappa shape index (κ3) is 9.95. The van der Waals surface area contributed by atoms with E-state index in [1.807, 2.05) is 11.5 Å². The fraction of sp³-hybridized carbons (Fsp3) is 0.792. The van der Waals surface area contributed by atoms with E-state index in [1.165, 1.54) is 77.0 Å². The van der Waals surface area contributed by atoms with Crippen LogP contribution in [0.1, 0.15) is 104 Å². The number of nitrogen functional groups attached to an aromatic ring is 1. The van der Waals surface area contributed by atoms with Crippen molar-refractivity contribution in [2.45, 2.75) is 123 Å². The van der Waals surface area contributed by atoms with Crippen molar-refractivity contribution in [1.29, 1.82) is 0 Å².